The van der Waals surface area contributed by atoms with Crippen molar-refractivity contribution in [1.29, 1.82) is 0 Å². The summed E-state index contributed by atoms with van der Waals surface area (Å²) in [5, 5.41) is 10.4. The molecule has 2 N–H and O–H groups in total. The number of aromatic nitrogens is 3. The van der Waals surface area contributed by atoms with E-state index in [4.69, 9.17) is 0 Å². The van der Waals surface area contributed by atoms with Crippen LogP contribution in [0.2, 0.25) is 0 Å². The van der Waals surface area contributed by atoms with Crippen LogP contribution in [-0.2, 0) is 6.42 Å². The Labute approximate surface area is 115 Å². The number of halogens is 1. The van der Waals surface area contributed by atoms with Gasteiger partial charge in [0.25, 0.3) is 0 Å². The van der Waals surface area contributed by atoms with Crippen LogP contribution in [0.3, 0.4) is 0 Å². The highest BCUT2D eigenvalue weighted by molar-refractivity contribution is 9.10. The Balaban J connectivity index is 2.07. The van der Waals surface area contributed by atoms with Gasteiger partial charge >= 0.3 is 0 Å². The van der Waals surface area contributed by atoms with E-state index in [2.05, 4.69) is 67.6 Å². The highest BCUT2D eigenvalue weighted by atomic mass is 79.9. The van der Waals surface area contributed by atoms with Crippen LogP contribution in [0.5, 0.6) is 0 Å². The fourth-order valence-corrected chi connectivity index (χ4v) is 2.09. The van der Waals surface area contributed by atoms with E-state index in [9.17, 15) is 0 Å². The quantitative estimate of drug-likeness (QED) is 0.863. The predicted octanol–water partition coefficient (Wildman–Crippen LogP) is 2.85. The van der Waals surface area contributed by atoms with E-state index < -0.39 is 0 Å². The number of aromatic amines is 1. The molecule has 0 aliphatic carbocycles. The van der Waals surface area contributed by atoms with Crippen LogP contribution in [-0.4, -0.2) is 21.7 Å². The summed E-state index contributed by atoms with van der Waals surface area (Å²) in [5.41, 5.74) is 1.28. The van der Waals surface area contributed by atoms with Crippen molar-refractivity contribution in [2.24, 2.45) is 0 Å². The summed E-state index contributed by atoms with van der Waals surface area (Å²) in [4.78, 5) is 4.24. The van der Waals surface area contributed by atoms with E-state index in [1.54, 1.807) is 6.33 Å². The van der Waals surface area contributed by atoms with E-state index >= 15 is 0 Å². The lowest BCUT2D eigenvalue weighted by molar-refractivity contribution is 0.506. The van der Waals surface area contributed by atoms with Gasteiger partial charge in [-0.25, -0.2) is 4.98 Å². The van der Waals surface area contributed by atoms with Crippen molar-refractivity contribution in [2.45, 2.75) is 25.8 Å². The number of hydrogen-bond acceptors (Lipinski definition) is 3. The van der Waals surface area contributed by atoms with Gasteiger partial charge in [0.05, 0.1) is 6.04 Å². The van der Waals surface area contributed by atoms with Crippen molar-refractivity contribution in [1.82, 2.24) is 20.5 Å². The van der Waals surface area contributed by atoms with Crippen LogP contribution in [0.1, 0.15) is 30.8 Å². The van der Waals surface area contributed by atoms with E-state index in [1.807, 2.05) is 0 Å². The van der Waals surface area contributed by atoms with Crippen LogP contribution in [0.15, 0.2) is 35.1 Å². The molecule has 0 bridgehead atoms. The monoisotopic (exact) mass is 308 g/mol. The summed E-state index contributed by atoms with van der Waals surface area (Å²) < 4.78 is 1.10. The van der Waals surface area contributed by atoms with E-state index in [-0.39, 0.29) is 6.04 Å². The molecule has 1 atom stereocenters. The lowest BCUT2D eigenvalue weighted by Gasteiger charge is -2.16. The molecule has 1 aromatic carbocycles. The largest absolute Gasteiger partial charge is 0.307 e. The average Bonchev–Trinajstić information content (AvgIpc) is 2.90. The molecule has 4 nitrogen and oxygen atoms in total. The minimum Gasteiger partial charge on any atom is -0.307 e. The Hall–Kier alpha value is -1.20. The standard InChI is InChI=1S/C13H17BrN4/c1-2-7-15-12(13-16-9-17-18-13)8-10-3-5-11(14)6-4-10/h3-6,9,12,15H,2,7-8H2,1H3,(H,16,17,18). The zero-order valence-electron chi connectivity index (χ0n) is 10.4. The Morgan fingerprint density at radius 3 is 2.72 bits per heavy atom. The van der Waals surface area contributed by atoms with Gasteiger partial charge in [-0.15, -0.1) is 0 Å². The van der Waals surface area contributed by atoms with Crippen molar-refractivity contribution >= 4 is 15.9 Å². The highest BCUT2D eigenvalue weighted by Crippen LogP contribution is 2.17. The molecule has 0 saturated heterocycles. The summed E-state index contributed by atoms with van der Waals surface area (Å²) in [6.45, 7) is 3.13. The van der Waals surface area contributed by atoms with Crippen molar-refractivity contribution in [3.05, 3.63) is 46.5 Å². The smallest absolute Gasteiger partial charge is 0.141 e. The number of rotatable bonds is 6. The van der Waals surface area contributed by atoms with Gasteiger partial charge in [-0.1, -0.05) is 35.0 Å². The Morgan fingerprint density at radius 2 is 2.11 bits per heavy atom. The molecule has 2 aromatic rings. The molecule has 0 radical (unpaired) electrons. The van der Waals surface area contributed by atoms with Crippen LogP contribution >= 0.6 is 15.9 Å². The average molecular weight is 309 g/mol. The van der Waals surface area contributed by atoms with Crippen molar-refractivity contribution in [3.8, 4) is 0 Å². The number of nitrogens with one attached hydrogen (secondary N) is 2. The molecule has 0 saturated carbocycles. The van der Waals surface area contributed by atoms with Crippen LogP contribution in [0, 0.1) is 0 Å². The minimum absolute atomic E-state index is 0.189. The zero-order chi connectivity index (χ0) is 12.8. The predicted molar refractivity (Wildman–Crippen MR) is 75.3 cm³/mol. The first-order valence-electron chi connectivity index (χ1n) is 6.12. The SMILES string of the molecule is CCCNC(Cc1ccc(Br)cc1)c1ncn[nH]1. The molecule has 2 rings (SSSR count). The van der Waals surface area contributed by atoms with Crippen molar-refractivity contribution < 1.29 is 0 Å². The number of benzene rings is 1. The number of H-pyrrole nitrogens is 1. The van der Waals surface area contributed by atoms with Gasteiger partial charge in [0.1, 0.15) is 12.2 Å². The van der Waals surface area contributed by atoms with Gasteiger partial charge in [-0.2, -0.15) is 5.10 Å². The van der Waals surface area contributed by atoms with Crippen LogP contribution < -0.4 is 5.32 Å². The molecule has 0 fully saturated rings. The van der Waals surface area contributed by atoms with E-state index in [1.165, 1.54) is 5.56 Å². The summed E-state index contributed by atoms with van der Waals surface area (Å²) in [5.74, 6) is 0.895. The highest BCUT2D eigenvalue weighted by Gasteiger charge is 2.14. The summed E-state index contributed by atoms with van der Waals surface area (Å²) >= 11 is 3.45. The molecular formula is C13H17BrN4. The zero-order valence-corrected chi connectivity index (χ0v) is 11.9. The Bertz CT molecular complexity index is 452. The first-order chi connectivity index (χ1) is 8.79. The summed E-state index contributed by atoms with van der Waals surface area (Å²) in [6.07, 6.45) is 3.56. The second-order valence-corrected chi connectivity index (χ2v) is 5.12. The second kappa shape index (κ2) is 6.66. The minimum atomic E-state index is 0.189. The molecule has 1 heterocycles. The third kappa shape index (κ3) is 3.65. The number of hydrogen-bond donors (Lipinski definition) is 2. The van der Waals surface area contributed by atoms with Crippen LogP contribution in [0.4, 0.5) is 0 Å². The molecule has 0 spiro atoms. The Kier molecular flexibility index (Phi) is 4.90. The number of nitrogens with zero attached hydrogens (tertiary/aromatic N) is 2. The lowest BCUT2D eigenvalue weighted by atomic mass is 10.1. The molecule has 18 heavy (non-hydrogen) atoms. The molecule has 0 aliphatic rings. The maximum Gasteiger partial charge on any atom is 0.141 e. The normalized spacial score (nSPS) is 12.6. The summed E-state index contributed by atoms with van der Waals surface area (Å²) in [7, 11) is 0. The fraction of sp³-hybridized carbons (Fsp3) is 0.385. The van der Waals surface area contributed by atoms with Gasteiger partial charge in [0.2, 0.25) is 0 Å². The van der Waals surface area contributed by atoms with E-state index in [0.717, 1.165) is 29.7 Å². The molecule has 1 unspecified atom stereocenters. The van der Waals surface area contributed by atoms with Gasteiger partial charge in [-0.05, 0) is 37.1 Å². The van der Waals surface area contributed by atoms with Gasteiger partial charge in [0, 0.05) is 4.47 Å². The third-order valence-corrected chi connectivity index (χ3v) is 3.29. The van der Waals surface area contributed by atoms with Crippen molar-refractivity contribution in [2.75, 3.05) is 6.54 Å². The molecule has 5 heteroatoms. The maximum atomic E-state index is 4.24. The first kappa shape index (κ1) is 13.2. The molecule has 0 amide bonds. The third-order valence-electron chi connectivity index (χ3n) is 2.76. The molecule has 1 aromatic heterocycles. The van der Waals surface area contributed by atoms with Gasteiger partial charge in [-0.3, -0.25) is 5.10 Å². The first-order valence-corrected chi connectivity index (χ1v) is 6.92. The maximum absolute atomic E-state index is 4.24. The van der Waals surface area contributed by atoms with Gasteiger partial charge < -0.3 is 5.32 Å². The lowest BCUT2D eigenvalue weighted by Crippen LogP contribution is -2.25. The van der Waals surface area contributed by atoms with Gasteiger partial charge in [0.15, 0.2) is 0 Å². The second-order valence-electron chi connectivity index (χ2n) is 4.21. The molecular weight excluding hydrogens is 292 g/mol. The fourth-order valence-electron chi connectivity index (χ4n) is 1.82. The molecule has 0 aliphatic heterocycles. The van der Waals surface area contributed by atoms with E-state index in [0.29, 0.717) is 0 Å². The topological polar surface area (TPSA) is 53.6 Å². The molecule has 96 valence electrons. The van der Waals surface area contributed by atoms with Crippen molar-refractivity contribution in [3.63, 3.8) is 0 Å². The Morgan fingerprint density at radius 1 is 1.33 bits per heavy atom. The van der Waals surface area contributed by atoms with Crippen LogP contribution in [0.25, 0.3) is 0 Å². The summed E-state index contributed by atoms with van der Waals surface area (Å²) in [6, 6.07) is 8.56.